The number of carbonyl (C=O) groups excluding carboxylic acids is 1. The minimum absolute atomic E-state index is 0.00887. The van der Waals surface area contributed by atoms with Gasteiger partial charge in [0.25, 0.3) is 5.91 Å². The highest BCUT2D eigenvalue weighted by Gasteiger charge is 2.44. The van der Waals surface area contributed by atoms with Crippen molar-refractivity contribution in [2.45, 2.75) is 44.6 Å². The quantitative estimate of drug-likeness (QED) is 0.700. The molecule has 0 saturated carbocycles. The summed E-state index contributed by atoms with van der Waals surface area (Å²) in [5.41, 5.74) is 2.92. The molecular weight excluding hydrogens is 382 g/mol. The van der Waals surface area contributed by atoms with Gasteiger partial charge in [-0.1, -0.05) is 13.0 Å². The molecule has 1 N–H and O–H groups in total. The highest BCUT2D eigenvalue weighted by atomic mass is 32.1. The van der Waals surface area contributed by atoms with E-state index < -0.39 is 5.41 Å². The van der Waals surface area contributed by atoms with Crippen LogP contribution in [0.15, 0.2) is 42.2 Å². The third-order valence-electron chi connectivity index (χ3n) is 5.84. The van der Waals surface area contributed by atoms with E-state index in [-0.39, 0.29) is 11.9 Å². The Morgan fingerprint density at radius 1 is 1.52 bits per heavy atom. The molecule has 148 valence electrons. The predicted molar refractivity (Wildman–Crippen MR) is 113 cm³/mol. The van der Waals surface area contributed by atoms with E-state index in [9.17, 15) is 10.1 Å². The monoisotopic (exact) mass is 405 g/mol. The number of aromatic amines is 1. The lowest BCUT2D eigenvalue weighted by atomic mass is 9.72. The predicted octanol–water partition coefficient (Wildman–Crippen LogP) is 4.32. The summed E-state index contributed by atoms with van der Waals surface area (Å²) in [7, 11) is 0. The largest absolute Gasteiger partial charge is 0.336 e. The molecule has 3 aromatic heterocycles. The molecule has 29 heavy (non-hydrogen) atoms. The van der Waals surface area contributed by atoms with Crippen LogP contribution in [0.5, 0.6) is 0 Å². The number of pyridine rings is 1. The van der Waals surface area contributed by atoms with Gasteiger partial charge in [-0.25, -0.2) is 0 Å². The zero-order valence-electron chi connectivity index (χ0n) is 16.6. The third kappa shape index (κ3) is 3.45. The Labute approximate surface area is 174 Å². The average Bonchev–Trinajstić information content (AvgIpc) is 3.45. The average molecular weight is 406 g/mol. The molecule has 6 nitrogen and oxygen atoms in total. The van der Waals surface area contributed by atoms with Gasteiger partial charge in [0.1, 0.15) is 5.41 Å². The van der Waals surface area contributed by atoms with Crippen molar-refractivity contribution in [3.63, 3.8) is 0 Å². The number of hydrogen-bond acceptors (Lipinski definition) is 5. The molecule has 2 unspecified atom stereocenters. The summed E-state index contributed by atoms with van der Waals surface area (Å²) in [6, 6.07) is 8.39. The number of aromatic nitrogens is 3. The van der Waals surface area contributed by atoms with Crippen molar-refractivity contribution >= 4 is 17.2 Å². The van der Waals surface area contributed by atoms with Gasteiger partial charge in [-0.15, -0.1) is 11.3 Å². The zero-order chi connectivity index (χ0) is 20.4. The smallest absolute Gasteiger partial charge is 0.254 e. The number of H-pyrrole nitrogens is 1. The number of nitrogens with one attached hydrogen (secondary N) is 1. The molecule has 1 saturated heterocycles. The fourth-order valence-corrected chi connectivity index (χ4v) is 5.11. The number of piperidine rings is 1. The number of likely N-dealkylation sites (tertiary alicyclic amines) is 1. The van der Waals surface area contributed by atoms with E-state index in [2.05, 4.69) is 28.2 Å². The molecular formula is C22H23N5OS. The molecule has 4 heterocycles. The molecule has 1 fully saturated rings. The number of thiophene rings is 1. The van der Waals surface area contributed by atoms with Crippen LogP contribution in [0.3, 0.4) is 0 Å². The Hall–Kier alpha value is -2.98. The van der Waals surface area contributed by atoms with E-state index in [0.717, 1.165) is 28.1 Å². The lowest BCUT2D eigenvalue weighted by Crippen LogP contribution is -2.51. The SMILES string of the molecule is CCC1CC(C#N)(c2ncccc2C)CCN1C(=O)c1csc(-c2cn[nH]c2)c1. The first-order chi connectivity index (χ1) is 14.1. The second kappa shape index (κ2) is 7.80. The van der Waals surface area contributed by atoms with E-state index >= 15 is 0 Å². The van der Waals surface area contributed by atoms with Gasteiger partial charge >= 0.3 is 0 Å². The number of rotatable bonds is 4. The van der Waals surface area contributed by atoms with Crippen LogP contribution in [0.4, 0.5) is 0 Å². The maximum absolute atomic E-state index is 13.3. The lowest BCUT2D eigenvalue weighted by molar-refractivity contribution is 0.0541. The van der Waals surface area contributed by atoms with Crippen molar-refractivity contribution in [3.05, 3.63) is 59.0 Å². The van der Waals surface area contributed by atoms with Gasteiger partial charge in [0.05, 0.1) is 23.5 Å². The second-order valence-electron chi connectivity index (χ2n) is 7.56. The number of nitrogens with zero attached hydrogens (tertiary/aromatic N) is 4. The van der Waals surface area contributed by atoms with Crippen LogP contribution in [-0.4, -0.2) is 38.6 Å². The van der Waals surface area contributed by atoms with Gasteiger partial charge in [0, 0.05) is 40.8 Å². The Morgan fingerprint density at radius 2 is 2.38 bits per heavy atom. The normalized spacial score (nSPS) is 21.7. The maximum Gasteiger partial charge on any atom is 0.254 e. The standard InChI is InChI=1S/C22H23N5OS/c1-3-18-10-22(14-23,20-15(2)5-4-7-24-20)6-8-27(18)21(28)16-9-19(29-13-16)17-11-25-26-12-17/h4-5,7,9,11-13,18H,3,6,8,10H2,1-2H3,(H,25,26). The molecule has 1 aliphatic heterocycles. The minimum Gasteiger partial charge on any atom is -0.336 e. The maximum atomic E-state index is 13.3. The Balaban J connectivity index is 1.59. The van der Waals surface area contributed by atoms with Gasteiger partial charge in [-0.2, -0.15) is 10.4 Å². The molecule has 0 radical (unpaired) electrons. The molecule has 7 heteroatoms. The first kappa shape index (κ1) is 19.3. The second-order valence-corrected chi connectivity index (χ2v) is 8.48. The molecule has 0 bridgehead atoms. The summed E-state index contributed by atoms with van der Waals surface area (Å²) in [6.45, 7) is 4.63. The summed E-state index contributed by atoms with van der Waals surface area (Å²) in [5, 5.41) is 18.8. The van der Waals surface area contributed by atoms with Gasteiger partial charge in [0.15, 0.2) is 0 Å². The molecule has 0 aliphatic carbocycles. The fraction of sp³-hybridized carbons (Fsp3) is 0.364. The molecule has 0 aromatic carbocycles. The Bertz CT molecular complexity index is 1050. The topological polar surface area (TPSA) is 85.7 Å². The molecule has 0 spiro atoms. The third-order valence-corrected chi connectivity index (χ3v) is 6.82. The molecule has 1 aliphatic rings. The van der Waals surface area contributed by atoms with Crippen LogP contribution >= 0.6 is 11.3 Å². The van der Waals surface area contributed by atoms with Crippen molar-refractivity contribution in [1.29, 1.82) is 5.26 Å². The fourth-order valence-electron chi connectivity index (χ4n) is 4.25. The van der Waals surface area contributed by atoms with Crippen LogP contribution in [0, 0.1) is 18.3 Å². The van der Waals surface area contributed by atoms with Crippen LogP contribution < -0.4 is 0 Å². The Morgan fingerprint density at radius 3 is 3.07 bits per heavy atom. The van der Waals surface area contributed by atoms with Gasteiger partial charge in [-0.3, -0.25) is 14.9 Å². The van der Waals surface area contributed by atoms with E-state index in [1.54, 1.807) is 23.7 Å². The van der Waals surface area contributed by atoms with E-state index in [1.165, 1.54) is 0 Å². The van der Waals surface area contributed by atoms with Crippen LogP contribution in [0.1, 0.15) is 47.8 Å². The summed E-state index contributed by atoms with van der Waals surface area (Å²) < 4.78 is 0. The molecule has 1 amide bonds. The van der Waals surface area contributed by atoms with Crippen molar-refractivity contribution < 1.29 is 4.79 Å². The number of hydrogen-bond donors (Lipinski definition) is 1. The highest BCUT2D eigenvalue weighted by molar-refractivity contribution is 7.13. The first-order valence-corrected chi connectivity index (χ1v) is 10.7. The summed E-state index contributed by atoms with van der Waals surface area (Å²) in [5.74, 6) is 0.0344. The number of nitriles is 1. The molecule has 4 rings (SSSR count). The van der Waals surface area contributed by atoms with Crippen LogP contribution in [0.25, 0.3) is 10.4 Å². The summed E-state index contributed by atoms with van der Waals surface area (Å²) in [6.07, 6.45) is 7.35. The van der Waals surface area contributed by atoms with Crippen molar-refractivity contribution in [2.24, 2.45) is 0 Å². The van der Waals surface area contributed by atoms with Crippen LogP contribution in [-0.2, 0) is 5.41 Å². The minimum atomic E-state index is -0.639. The molecule has 2 atom stereocenters. The van der Waals surface area contributed by atoms with Crippen LogP contribution in [0.2, 0.25) is 0 Å². The van der Waals surface area contributed by atoms with E-state index in [0.29, 0.717) is 24.9 Å². The van der Waals surface area contributed by atoms with E-state index in [4.69, 9.17) is 0 Å². The number of carbonyl (C=O) groups is 1. The Kier molecular flexibility index (Phi) is 5.20. The number of amides is 1. The lowest BCUT2D eigenvalue weighted by Gasteiger charge is -2.43. The summed E-state index contributed by atoms with van der Waals surface area (Å²) >= 11 is 1.54. The van der Waals surface area contributed by atoms with E-state index in [1.807, 2.05) is 41.6 Å². The summed E-state index contributed by atoms with van der Waals surface area (Å²) in [4.78, 5) is 20.8. The molecule has 3 aromatic rings. The van der Waals surface area contributed by atoms with Crippen molar-refractivity contribution in [1.82, 2.24) is 20.1 Å². The number of aryl methyl sites for hydroxylation is 1. The zero-order valence-corrected chi connectivity index (χ0v) is 17.4. The van der Waals surface area contributed by atoms with Gasteiger partial charge in [-0.05, 0) is 43.9 Å². The first-order valence-electron chi connectivity index (χ1n) is 9.80. The van der Waals surface area contributed by atoms with Gasteiger partial charge in [0.2, 0.25) is 0 Å². The van der Waals surface area contributed by atoms with Crippen molar-refractivity contribution in [3.8, 4) is 16.5 Å². The van der Waals surface area contributed by atoms with Crippen molar-refractivity contribution in [2.75, 3.05) is 6.54 Å². The van der Waals surface area contributed by atoms with Gasteiger partial charge < -0.3 is 4.90 Å². The highest BCUT2D eigenvalue weighted by Crippen LogP contribution is 2.40.